The van der Waals surface area contributed by atoms with Crippen LogP contribution in [-0.2, 0) is 0 Å². The first-order chi connectivity index (χ1) is 6.11. The van der Waals surface area contributed by atoms with Gasteiger partial charge in [-0.05, 0) is 0 Å². The Morgan fingerprint density at radius 1 is 1.85 bits per heavy atom. The number of nitrogen functional groups attached to an aromatic ring is 1. The highest BCUT2D eigenvalue weighted by Crippen LogP contribution is 2.05. The highest BCUT2D eigenvalue weighted by atomic mass is 79.9. The van der Waals surface area contributed by atoms with E-state index >= 15 is 0 Å². The zero-order valence-electron chi connectivity index (χ0n) is 6.80. The second-order valence-corrected chi connectivity index (χ2v) is 3.52. The van der Waals surface area contributed by atoms with Gasteiger partial charge in [-0.2, -0.15) is 5.10 Å². The van der Waals surface area contributed by atoms with Crippen LogP contribution in [0.4, 0.5) is 5.82 Å². The smallest absolute Gasteiger partial charge is 0.256 e. The molecule has 1 amide bonds. The van der Waals surface area contributed by atoms with Gasteiger partial charge in [-0.25, -0.2) is 0 Å². The molecular formula is C7H9BrN4O. The molecule has 0 aliphatic heterocycles. The number of hydrogen-bond acceptors (Lipinski definition) is 3. The van der Waals surface area contributed by atoms with Crippen molar-refractivity contribution in [3.63, 3.8) is 0 Å². The van der Waals surface area contributed by atoms with Crippen molar-refractivity contribution in [2.24, 2.45) is 0 Å². The lowest BCUT2D eigenvalue weighted by Crippen LogP contribution is -2.24. The molecule has 0 atom stereocenters. The van der Waals surface area contributed by atoms with Gasteiger partial charge in [-0.15, -0.1) is 0 Å². The summed E-state index contributed by atoms with van der Waals surface area (Å²) in [4.78, 5) is 11.3. The Balaban J connectivity index is 2.59. The third kappa shape index (κ3) is 2.59. The molecule has 13 heavy (non-hydrogen) atoms. The molecule has 0 saturated heterocycles. The van der Waals surface area contributed by atoms with Gasteiger partial charge >= 0.3 is 0 Å². The summed E-state index contributed by atoms with van der Waals surface area (Å²) in [5, 5.41) is 8.69. The fraction of sp³-hybridized carbons (Fsp3) is 0.143. The Morgan fingerprint density at radius 2 is 2.54 bits per heavy atom. The second-order valence-electron chi connectivity index (χ2n) is 2.40. The SMILES string of the molecule is C=C(Br)CNC(=O)c1cn[nH]c1N. The van der Waals surface area contributed by atoms with E-state index in [2.05, 4.69) is 38.0 Å². The number of hydrogen-bond donors (Lipinski definition) is 3. The van der Waals surface area contributed by atoms with E-state index in [1.165, 1.54) is 6.20 Å². The van der Waals surface area contributed by atoms with Crippen LogP contribution in [0.5, 0.6) is 0 Å². The van der Waals surface area contributed by atoms with Crippen molar-refractivity contribution >= 4 is 27.7 Å². The van der Waals surface area contributed by atoms with Gasteiger partial charge < -0.3 is 11.1 Å². The van der Waals surface area contributed by atoms with Crippen molar-refractivity contribution in [1.82, 2.24) is 15.5 Å². The van der Waals surface area contributed by atoms with Gasteiger partial charge in [0.15, 0.2) is 0 Å². The maximum absolute atomic E-state index is 11.3. The van der Waals surface area contributed by atoms with E-state index in [1.807, 2.05) is 0 Å². The van der Waals surface area contributed by atoms with Crippen LogP contribution in [0.2, 0.25) is 0 Å². The Morgan fingerprint density at radius 3 is 3.00 bits per heavy atom. The zero-order chi connectivity index (χ0) is 9.84. The van der Waals surface area contributed by atoms with Crippen molar-refractivity contribution in [2.75, 3.05) is 12.3 Å². The summed E-state index contributed by atoms with van der Waals surface area (Å²) in [5.41, 5.74) is 5.78. The molecule has 1 heterocycles. The zero-order valence-corrected chi connectivity index (χ0v) is 8.39. The Hall–Kier alpha value is -1.30. The summed E-state index contributed by atoms with van der Waals surface area (Å²) in [5.74, 6) is -0.00969. The molecule has 5 nitrogen and oxygen atoms in total. The maximum atomic E-state index is 11.3. The third-order valence-corrected chi connectivity index (χ3v) is 1.63. The van der Waals surface area contributed by atoms with Crippen molar-refractivity contribution < 1.29 is 4.79 Å². The van der Waals surface area contributed by atoms with Gasteiger partial charge in [0.2, 0.25) is 0 Å². The van der Waals surface area contributed by atoms with Crippen LogP contribution in [0.25, 0.3) is 0 Å². The second kappa shape index (κ2) is 4.08. The molecule has 0 fully saturated rings. The van der Waals surface area contributed by atoms with Crippen LogP contribution >= 0.6 is 15.9 Å². The van der Waals surface area contributed by atoms with E-state index < -0.39 is 0 Å². The predicted molar refractivity (Wildman–Crippen MR) is 53.4 cm³/mol. The molecule has 0 spiro atoms. The van der Waals surface area contributed by atoms with Crippen molar-refractivity contribution in [3.05, 3.63) is 22.8 Å². The number of carbonyl (C=O) groups is 1. The molecule has 0 aliphatic rings. The summed E-state index contributed by atoms with van der Waals surface area (Å²) in [6, 6.07) is 0. The van der Waals surface area contributed by atoms with E-state index in [1.54, 1.807) is 0 Å². The van der Waals surface area contributed by atoms with Crippen LogP contribution in [0.15, 0.2) is 17.3 Å². The molecule has 0 aliphatic carbocycles. The van der Waals surface area contributed by atoms with E-state index in [4.69, 9.17) is 5.73 Å². The number of rotatable bonds is 3. The number of aromatic amines is 1. The largest absolute Gasteiger partial charge is 0.383 e. The van der Waals surface area contributed by atoms with Crippen LogP contribution in [0, 0.1) is 0 Å². The minimum Gasteiger partial charge on any atom is -0.383 e. The van der Waals surface area contributed by atoms with Crippen LogP contribution in [0.1, 0.15) is 10.4 Å². The van der Waals surface area contributed by atoms with Gasteiger partial charge in [0, 0.05) is 11.0 Å². The third-order valence-electron chi connectivity index (χ3n) is 1.35. The predicted octanol–water partition coefficient (Wildman–Crippen LogP) is 0.630. The fourth-order valence-corrected chi connectivity index (χ4v) is 0.889. The summed E-state index contributed by atoms with van der Waals surface area (Å²) in [6.07, 6.45) is 1.38. The lowest BCUT2D eigenvalue weighted by atomic mass is 10.3. The monoisotopic (exact) mass is 244 g/mol. The van der Waals surface area contributed by atoms with E-state index in [-0.39, 0.29) is 11.7 Å². The molecule has 0 aromatic carbocycles. The first kappa shape index (κ1) is 9.79. The van der Waals surface area contributed by atoms with Crippen molar-refractivity contribution in [3.8, 4) is 0 Å². The first-order valence-corrected chi connectivity index (χ1v) is 4.31. The quantitative estimate of drug-likeness (QED) is 0.730. The molecule has 70 valence electrons. The lowest BCUT2D eigenvalue weighted by molar-refractivity contribution is 0.0958. The molecule has 0 saturated carbocycles. The topological polar surface area (TPSA) is 83.8 Å². The van der Waals surface area contributed by atoms with Crippen molar-refractivity contribution in [2.45, 2.75) is 0 Å². The summed E-state index contributed by atoms with van der Waals surface area (Å²) in [6.45, 7) is 3.94. The van der Waals surface area contributed by atoms with E-state index in [0.29, 0.717) is 16.6 Å². The Bertz CT molecular complexity index is 333. The highest BCUT2D eigenvalue weighted by Gasteiger charge is 2.10. The Kier molecular flexibility index (Phi) is 3.07. The molecule has 1 aromatic rings. The number of amides is 1. The van der Waals surface area contributed by atoms with Crippen LogP contribution < -0.4 is 11.1 Å². The average molecular weight is 245 g/mol. The number of aromatic nitrogens is 2. The molecule has 6 heteroatoms. The molecule has 0 unspecified atom stereocenters. The molecule has 0 bridgehead atoms. The Labute approximate surface area is 83.5 Å². The summed E-state index contributed by atoms with van der Waals surface area (Å²) >= 11 is 3.12. The standard InChI is InChI=1S/C7H9BrN4O/c1-4(8)2-10-7(13)5-3-11-12-6(5)9/h3H,1-2H2,(H,10,13)(H3,9,11,12). The lowest BCUT2D eigenvalue weighted by Gasteiger charge is -2.01. The highest BCUT2D eigenvalue weighted by molar-refractivity contribution is 9.11. The van der Waals surface area contributed by atoms with Gasteiger partial charge in [-0.1, -0.05) is 22.5 Å². The maximum Gasteiger partial charge on any atom is 0.256 e. The van der Waals surface area contributed by atoms with Crippen LogP contribution in [0.3, 0.4) is 0 Å². The number of anilines is 1. The van der Waals surface area contributed by atoms with E-state index in [0.717, 1.165) is 0 Å². The first-order valence-electron chi connectivity index (χ1n) is 3.51. The van der Waals surface area contributed by atoms with Crippen LogP contribution in [-0.4, -0.2) is 22.6 Å². The minimum absolute atomic E-state index is 0.262. The number of carbonyl (C=O) groups excluding carboxylic acids is 1. The summed E-state index contributed by atoms with van der Waals surface area (Å²) < 4.78 is 0.697. The minimum atomic E-state index is -0.271. The number of nitrogens with zero attached hydrogens (tertiary/aromatic N) is 1. The fourth-order valence-electron chi connectivity index (χ4n) is 0.748. The number of nitrogens with two attached hydrogens (primary N) is 1. The van der Waals surface area contributed by atoms with Crippen molar-refractivity contribution in [1.29, 1.82) is 0 Å². The normalized spacial score (nSPS) is 9.62. The summed E-state index contributed by atoms with van der Waals surface area (Å²) in [7, 11) is 0. The molecule has 0 radical (unpaired) electrons. The van der Waals surface area contributed by atoms with Gasteiger partial charge in [0.05, 0.1) is 6.20 Å². The molecule has 1 aromatic heterocycles. The van der Waals surface area contributed by atoms with Gasteiger partial charge in [-0.3, -0.25) is 9.89 Å². The number of H-pyrrole nitrogens is 1. The van der Waals surface area contributed by atoms with Gasteiger partial charge in [0.25, 0.3) is 5.91 Å². The molecular weight excluding hydrogens is 236 g/mol. The molecule has 4 N–H and O–H groups in total. The number of halogens is 1. The molecule has 1 rings (SSSR count). The van der Waals surface area contributed by atoms with E-state index in [9.17, 15) is 4.79 Å². The number of nitrogens with one attached hydrogen (secondary N) is 2. The average Bonchev–Trinajstić information content (AvgIpc) is 2.47. The van der Waals surface area contributed by atoms with Gasteiger partial charge in [0.1, 0.15) is 11.4 Å².